The SMILES string of the molecule is C[C@H](NC(=O)[C@@H]1CN(C(=O)OC(C)(C)C)CCN1)c1ccccc1. The van der Waals surface area contributed by atoms with Gasteiger partial charge < -0.3 is 20.3 Å². The highest BCUT2D eigenvalue weighted by molar-refractivity contribution is 5.83. The zero-order chi connectivity index (χ0) is 17.7. The van der Waals surface area contributed by atoms with E-state index < -0.39 is 11.6 Å². The molecule has 1 fully saturated rings. The standard InChI is InChI=1S/C18H27N3O3/c1-13(14-8-6-5-7-9-14)20-16(22)15-12-21(11-10-19-15)17(23)24-18(2,3)4/h5-9,13,15,19H,10-12H2,1-4H3,(H,20,22)/t13-,15-/m0/s1. The van der Waals surface area contributed by atoms with Crippen LogP contribution in [-0.4, -0.2) is 48.2 Å². The minimum atomic E-state index is -0.540. The minimum Gasteiger partial charge on any atom is -0.444 e. The maximum Gasteiger partial charge on any atom is 0.410 e. The fraction of sp³-hybridized carbons (Fsp3) is 0.556. The molecule has 0 saturated carbocycles. The van der Waals surface area contributed by atoms with Crippen LogP contribution in [0.1, 0.15) is 39.3 Å². The fourth-order valence-corrected chi connectivity index (χ4v) is 2.56. The van der Waals surface area contributed by atoms with E-state index in [0.717, 1.165) is 5.56 Å². The largest absolute Gasteiger partial charge is 0.444 e. The Morgan fingerprint density at radius 2 is 1.96 bits per heavy atom. The molecule has 1 aliphatic rings. The van der Waals surface area contributed by atoms with Gasteiger partial charge in [-0.15, -0.1) is 0 Å². The molecular weight excluding hydrogens is 306 g/mol. The van der Waals surface area contributed by atoms with Crippen LogP contribution in [0.5, 0.6) is 0 Å². The van der Waals surface area contributed by atoms with Crippen LogP contribution in [0, 0.1) is 0 Å². The van der Waals surface area contributed by atoms with Gasteiger partial charge in [0.2, 0.25) is 5.91 Å². The summed E-state index contributed by atoms with van der Waals surface area (Å²) in [6.45, 7) is 8.85. The van der Waals surface area contributed by atoms with E-state index in [2.05, 4.69) is 10.6 Å². The van der Waals surface area contributed by atoms with E-state index in [1.54, 1.807) is 4.90 Å². The monoisotopic (exact) mass is 333 g/mol. The van der Waals surface area contributed by atoms with Crippen molar-refractivity contribution in [2.24, 2.45) is 0 Å². The lowest BCUT2D eigenvalue weighted by molar-refractivity contribution is -0.124. The van der Waals surface area contributed by atoms with Crippen molar-refractivity contribution in [1.29, 1.82) is 0 Å². The first-order valence-electron chi connectivity index (χ1n) is 8.33. The molecule has 2 rings (SSSR count). The lowest BCUT2D eigenvalue weighted by Gasteiger charge is -2.34. The number of piperazine rings is 1. The summed E-state index contributed by atoms with van der Waals surface area (Å²) in [5.41, 5.74) is 0.507. The Labute approximate surface area is 143 Å². The second kappa shape index (κ2) is 7.66. The molecule has 0 aromatic heterocycles. The lowest BCUT2D eigenvalue weighted by atomic mass is 10.1. The van der Waals surface area contributed by atoms with Crippen LogP contribution in [0.15, 0.2) is 30.3 Å². The van der Waals surface area contributed by atoms with Crippen LogP contribution in [0.3, 0.4) is 0 Å². The summed E-state index contributed by atoms with van der Waals surface area (Å²) in [5, 5.41) is 6.16. The molecule has 6 nitrogen and oxygen atoms in total. The van der Waals surface area contributed by atoms with Gasteiger partial charge in [-0.1, -0.05) is 30.3 Å². The average Bonchev–Trinajstić information content (AvgIpc) is 2.54. The zero-order valence-corrected chi connectivity index (χ0v) is 14.8. The first-order chi connectivity index (χ1) is 11.3. The number of hydrogen-bond acceptors (Lipinski definition) is 4. The quantitative estimate of drug-likeness (QED) is 0.888. The maximum atomic E-state index is 12.5. The molecule has 1 aliphatic heterocycles. The van der Waals surface area contributed by atoms with Crippen molar-refractivity contribution in [2.75, 3.05) is 19.6 Å². The molecule has 24 heavy (non-hydrogen) atoms. The highest BCUT2D eigenvalue weighted by Crippen LogP contribution is 2.13. The van der Waals surface area contributed by atoms with Gasteiger partial charge in [0.15, 0.2) is 0 Å². The topological polar surface area (TPSA) is 70.7 Å². The molecule has 0 spiro atoms. The van der Waals surface area contributed by atoms with E-state index in [4.69, 9.17) is 4.74 Å². The molecule has 0 bridgehead atoms. The third-order valence-electron chi connectivity index (χ3n) is 3.80. The second-order valence-corrected chi connectivity index (χ2v) is 7.07. The molecule has 2 N–H and O–H groups in total. The van der Waals surface area contributed by atoms with Gasteiger partial charge in [-0.2, -0.15) is 0 Å². The number of hydrogen-bond donors (Lipinski definition) is 2. The van der Waals surface area contributed by atoms with E-state index in [0.29, 0.717) is 19.6 Å². The first-order valence-corrected chi connectivity index (χ1v) is 8.33. The average molecular weight is 333 g/mol. The van der Waals surface area contributed by atoms with Crippen molar-refractivity contribution in [3.63, 3.8) is 0 Å². The normalized spacial score (nSPS) is 19.5. The van der Waals surface area contributed by atoms with E-state index in [9.17, 15) is 9.59 Å². The molecule has 1 saturated heterocycles. The lowest BCUT2D eigenvalue weighted by Crippen LogP contribution is -2.59. The van der Waals surface area contributed by atoms with Crippen molar-refractivity contribution < 1.29 is 14.3 Å². The molecule has 0 radical (unpaired) electrons. The second-order valence-electron chi connectivity index (χ2n) is 7.07. The van der Waals surface area contributed by atoms with Gasteiger partial charge in [0.25, 0.3) is 0 Å². The molecule has 0 aliphatic carbocycles. The van der Waals surface area contributed by atoms with Crippen LogP contribution in [-0.2, 0) is 9.53 Å². The van der Waals surface area contributed by atoms with Crippen molar-refractivity contribution in [1.82, 2.24) is 15.5 Å². The Morgan fingerprint density at radius 1 is 1.29 bits per heavy atom. The summed E-state index contributed by atoms with van der Waals surface area (Å²) in [7, 11) is 0. The molecule has 2 atom stereocenters. The Balaban J connectivity index is 1.91. The molecule has 2 amide bonds. The summed E-state index contributed by atoms with van der Waals surface area (Å²) in [6.07, 6.45) is -0.377. The first kappa shape index (κ1) is 18.3. The van der Waals surface area contributed by atoms with Crippen molar-refractivity contribution in [2.45, 2.75) is 45.4 Å². The van der Waals surface area contributed by atoms with E-state index in [1.807, 2.05) is 58.0 Å². The van der Waals surface area contributed by atoms with E-state index in [-0.39, 0.29) is 18.0 Å². The maximum absolute atomic E-state index is 12.5. The number of benzene rings is 1. The number of nitrogens with one attached hydrogen (secondary N) is 2. The van der Waals surface area contributed by atoms with Gasteiger partial charge in [0.1, 0.15) is 11.6 Å². The molecule has 1 aromatic rings. The molecule has 6 heteroatoms. The van der Waals surface area contributed by atoms with Crippen LogP contribution >= 0.6 is 0 Å². The molecular formula is C18H27N3O3. The molecule has 1 aromatic carbocycles. The number of ether oxygens (including phenoxy) is 1. The van der Waals surface area contributed by atoms with E-state index >= 15 is 0 Å². The van der Waals surface area contributed by atoms with Crippen LogP contribution in [0.25, 0.3) is 0 Å². The Morgan fingerprint density at radius 3 is 2.58 bits per heavy atom. The van der Waals surface area contributed by atoms with Crippen molar-refractivity contribution in [3.05, 3.63) is 35.9 Å². The van der Waals surface area contributed by atoms with Gasteiger partial charge in [-0.25, -0.2) is 4.79 Å². The summed E-state index contributed by atoms with van der Waals surface area (Å²) >= 11 is 0. The number of rotatable bonds is 3. The number of nitrogens with zero attached hydrogens (tertiary/aromatic N) is 1. The molecule has 132 valence electrons. The smallest absolute Gasteiger partial charge is 0.410 e. The Bertz CT molecular complexity index is 569. The van der Waals surface area contributed by atoms with Gasteiger partial charge in [0.05, 0.1) is 6.04 Å². The molecule has 1 heterocycles. The predicted octanol–water partition coefficient (Wildman–Crippen LogP) is 2.07. The third-order valence-corrected chi connectivity index (χ3v) is 3.80. The molecule has 0 unspecified atom stereocenters. The minimum absolute atomic E-state index is 0.0857. The third kappa shape index (κ3) is 5.23. The Hall–Kier alpha value is -2.08. The van der Waals surface area contributed by atoms with E-state index in [1.165, 1.54) is 0 Å². The van der Waals surface area contributed by atoms with Gasteiger partial charge in [0, 0.05) is 19.6 Å². The number of carbonyl (C=O) groups is 2. The Kier molecular flexibility index (Phi) is 5.83. The summed E-state index contributed by atoms with van der Waals surface area (Å²) in [6, 6.07) is 9.27. The number of carbonyl (C=O) groups excluding carboxylic acids is 2. The predicted molar refractivity (Wildman–Crippen MR) is 92.6 cm³/mol. The van der Waals surface area contributed by atoms with Gasteiger partial charge in [-0.3, -0.25) is 4.79 Å². The van der Waals surface area contributed by atoms with Crippen LogP contribution in [0.2, 0.25) is 0 Å². The van der Waals surface area contributed by atoms with Crippen molar-refractivity contribution in [3.8, 4) is 0 Å². The fourth-order valence-electron chi connectivity index (χ4n) is 2.56. The summed E-state index contributed by atoms with van der Waals surface area (Å²) < 4.78 is 5.38. The van der Waals surface area contributed by atoms with Gasteiger partial charge >= 0.3 is 6.09 Å². The highest BCUT2D eigenvalue weighted by atomic mass is 16.6. The van der Waals surface area contributed by atoms with Gasteiger partial charge in [-0.05, 0) is 33.3 Å². The zero-order valence-electron chi connectivity index (χ0n) is 14.8. The van der Waals surface area contributed by atoms with Crippen LogP contribution < -0.4 is 10.6 Å². The van der Waals surface area contributed by atoms with Crippen molar-refractivity contribution >= 4 is 12.0 Å². The number of amides is 2. The summed E-state index contributed by atoms with van der Waals surface area (Å²) in [4.78, 5) is 26.2. The summed E-state index contributed by atoms with van der Waals surface area (Å²) in [5.74, 6) is -0.111. The highest BCUT2D eigenvalue weighted by Gasteiger charge is 2.31. The van der Waals surface area contributed by atoms with Crippen LogP contribution in [0.4, 0.5) is 4.79 Å².